The number of aryl methyl sites for hydroxylation is 1. The highest BCUT2D eigenvalue weighted by atomic mass is 32.1. The van der Waals surface area contributed by atoms with Crippen LogP contribution in [-0.4, -0.2) is 39.6 Å². The second-order valence-corrected chi connectivity index (χ2v) is 8.55. The molecule has 1 fully saturated rings. The Bertz CT molecular complexity index is 1410. The number of methoxy groups -OCH3 is 1. The van der Waals surface area contributed by atoms with Crippen LogP contribution in [0.25, 0.3) is 15.3 Å². The zero-order valence-corrected chi connectivity index (χ0v) is 18.7. The number of amides is 3. The molecule has 0 unspecified atom stereocenters. The minimum atomic E-state index is -0.389. The zero-order valence-electron chi connectivity index (χ0n) is 17.9. The summed E-state index contributed by atoms with van der Waals surface area (Å²) in [4.78, 5) is 42.9. The van der Waals surface area contributed by atoms with Gasteiger partial charge in [-0.2, -0.15) is 9.78 Å². The molecule has 0 aliphatic carbocycles. The van der Waals surface area contributed by atoms with Gasteiger partial charge >= 0.3 is 0 Å². The summed E-state index contributed by atoms with van der Waals surface area (Å²) in [5.74, 6) is 0.275. The number of ether oxygens (including phenoxy) is 1. The molecule has 0 radical (unpaired) electrons. The third-order valence-corrected chi connectivity index (χ3v) is 6.25. The molecular formula is C23H19N5O4S. The van der Waals surface area contributed by atoms with E-state index in [0.717, 1.165) is 20.9 Å². The van der Waals surface area contributed by atoms with Crippen molar-refractivity contribution >= 4 is 50.8 Å². The number of hydrogen-bond acceptors (Lipinski definition) is 7. The van der Waals surface area contributed by atoms with Crippen LogP contribution in [0.4, 0.5) is 11.5 Å². The maximum absolute atomic E-state index is 13.0. The summed E-state index contributed by atoms with van der Waals surface area (Å²) in [6.45, 7) is 1.83. The lowest BCUT2D eigenvalue weighted by molar-refractivity contribution is -0.121. The molecular weight excluding hydrogens is 442 g/mol. The van der Waals surface area contributed by atoms with Crippen molar-refractivity contribution < 1.29 is 19.1 Å². The molecule has 10 heteroatoms. The lowest BCUT2D eigenvalue weighted by Crippen LogP contribution is -2.28. The standard InChI is InChI=1S/C23H19N5O4S/c1-13-10-19(28(26-13)23-24-17-7-6-16(32-2)12-18(17)33-23)25-22(31)14-4-3-5-15(11-14)27-20(29)8-9-21(27)30/h3-7,10-12H,8-9H2,1-2H3,(H,25,31). The van der Waals surface area contributed by atoms with Gasteiger partial charge in [-0.25, -0.2) is 4.98 Å². The molecule has 1 aliphatic heterocycles. The van der Waals surface area contributed by atoms with Crippen molar-refractivity contribution in [2.75, 3.05) is 17.3 Å². The summed E-state index contributed by atoms with van der Waals surface area (Å²) in [6.07, 6.45) is 0.365. The highest BCUT2D eigenvalue weighted by Gasteiger charge is 2.30. The topological polar surface area (TPSA) is 106 Å². The van der Waals surface area contributed by atoms with Gasteiger partial charge in [-0.3, -0.25) is 19.3 Å². The number of anilines is 2. The van der Waals surface area contributed by atoms with Gasteiger partial charge in [-0.05, 0) is 43.3 Å². The Morgan fingerprint density at radius 2 is 1.88 bits per heavy atom. The number of benzene rings is 2. The van der Waals surface area contributed by atoms with E-state index in [4.69, 9.17) is 4.74 Å². The number of carbonyl (C=O) groups excluding carboxylic acids is 3. The number of imide groups is 1. The molecule has 4 aromatic rings. The van der Waals surface area contributed by atoms with Crippen LogP contribution in [0.3, 0.4) is 0 Å². The molecule has 33 heavy (non-hydrogen) atoms. The third-order valence-electron chi connectivity index (χ3n) is 5.26. The molecule has 1 saturated heterocycles. The third kappa shape index (κ3) is 3.85. The van der Waals surface area contributed by atoms with Crippen LogP contribution < -0.4 is 15.0 Å². The maximum atomic E-state index is 13.0. The molecule has 166 valence electrons. The number of rotatable bonds is 5. The van der Waals surface area contributed by atoms with E-state index >= 15 is 0 Å². The van der Waals surface area contributed by atoms with Crippen molar-refractivity contribution in [3.05, 3.63) is 59.8 Å². The van der Waals surface area contributed by atoms with E-state index in [-0.39, 0.29) is 30.6 Å². The molecule has 3 amide bonds. The summed E-state index contributed by atoms with van der Waals surface area (Å²) in [5, 5.41) is 7.96. The molecule has 0 atom stereocenters. The number of thiazole rings is 1. The summed E-state index contributed by atoms with van der Waals surface area (Å²) < 4.78 is 7.80. The highest BCUT2D eigenvalue weighted by Crippen LogP contribution is 2.30. The fraction of sp³-hybridized carbons (Fsp3) is 0.174. The van der Waals surface area contributed by atoms with Crippen molar-refractivity contribution in [1.29, 1.82) is 0 Å². The molecule has 9 nitrogen and oxygen atoms in total. The smallest absolute Gasteiger partial charge is 0.256 e. The van der Waals surface area contributed by atoms with Gasteiger partial charge in [0.25, 0.3) is 5.91 Å². The van der Waals surface area contributed by atoms with E-state index in [2.05, 4.69) is 15.4 Å². The van der Waals surface area contributed by atoms with Crippen LogP contribution in [0.15, 0.2) is 48.5 Å². The van der Waals surface area contributed by atoms with E-state index in [0.29, 0.717) is 27.9 Å². The Morgan fingerprint density at radius 3 is 2.64 bits per heavy atom. The quantitative estimate of drug-likeness (QED) is 0.454. The predicted octanol–water partition coefficient (Wildman–Crippen LogP) is 3.70. The van der Waals surface area contributed by atoms with Gasteiger partial charge in [0.05, 0.1) is 28.7 Å². The monoisotopic (exact) mass is 461 g/mol. The Hall–Kier alpha value is -4.05. The first-order chi connectivity index (χ1) is 15.9. The number of nitrogens with zero attached hydrogens (tertiary/aromatic N) is 4. The fourth-order valence-electron chi connectivity index (χ4n) is 3.68. The van der Waals surface area contributed by atoms with Crippen LogP contribution in [0.1, 0.15) is 28.9 Å². The number of hydrogen-bond donors (Lipinski definition) is 1. The molecule has 1 N–H and O–H groups in total. The van der Waals surface area contributed by atoms with Crippen molar-refractivity contribution in [1.82, 2.24) is 14.8 Å². The van der Waals surface area contributed by atoms with Crippen LogP contribution in [0, 0.1) is 6.92 Å². The number of aromatic nitrogens is 3. The fourth-order valence-corrected chi connectivity index (χ4v) is 4.64. The first-order valence-electron chi connectivity index (χ1n) is 10.2. The van der Waals surface area contributed by atoms with Crippen LogP contribution in [0.5, 0.6) is 5.75 Å². The van der Waals surface area contributed by atoms with Crippen molar-refractivity contribution in [3.8, 4) is 10.9 Å². The van der Waals surface area contributed by atoms with Gasteiger partial charge in [0.2, 0.25) is 16.9 Å². The Morgan fingerprint density at radius 1 is 1.09 bits per heavy atom. The Kier molecular flexibility index (Phi) is 5.14. The van der Waals surface area contributed by atoms with Crippen LogP contribution >= 0.6 is 11.3 Å². The Labute approximate surface area is 192 Å². The largest absolute Gasteiger partial charge is 0.497 e. The Balaban J connectivity index is 1.44. The van der Waals surface area contributed by atoms with E-state index in [1.807, 2.05) is 25.1 Å². The van der Waals surface area contributed by atoms with Gasteiger partial charge < -0.3 is 10.1 Å². The van der Waals surface area contributed by atoms with Crippen LogP contribution in [0.2, 0.25) is 0 Å². The average Bonchev–Trinajstić information content (AvgIpc) is 3.49. The van der Waals surface area contributed by atoms with Gasteiger partial charge in [0.15, 0.2) is 0 Å². The second-order valence-electron chi connectivity index (χ2n) is 7.54. The lowest BCUT2D eigenvalue weighted by Gasteiger charge is -2.15. The summed E-state index contributed by atoms with van der Waals surface area (Å²) in [6, 6.07) is 13.8. The van der Waals surface area contributed by atoms with Gasteiger partial charge in [0.1, 0.15) is 11.6 Å². The van der Waals surface area contributed by atoms with E-state index in [1.54, 1.807) is 36.1 Å². The molecule has 2 aromatic carbocycles. The molecule has 3 heterocycles. The van der Waals surface area contributed by atoms with Crippen LogP contribution in [-0.2, 0) is 9.59 Å². The zero-order chi connectivity index (χ0) is 23.1. The SMILES string of the molecule is COc1ccc2nc(-n3nc(C)cc3NC(=O)c3cccc(N4C(=O)CCC4=O)c3)sc2c1. The normalized spacial score (nSPS) is 13.7. The second kappa shape index (κ2) is 8.14. The van der Waals surface area contributed by atoms with Crippen molar-refractivity contribution in [2.24, 2.45) is 0 Å². The lowest BCUT2D eigenvalue weighted by atomic mass is 10.1. The first-order valence-corrected chi connectivity index (χ1v) is 11.0. The molecule has 0 spiro atoms. The van der Waals surface area contributed by atoms with E-state index in [1.165, 1.54) is 17.4 Å². The number of fused-ring (bicyclic) bond motifs is 1. The van der Waals surface area contributed by atoms with E-state index in [9.17, 15) is 14.4 Å². The van der Waals surface area contributed by atoms with Gasteiger partial charge in [-0.15, -0.1) is 0 Å². The first kappa shape index (κ1) is 20.8. The minimum absolute atomic E-state index is 0.182. The highest BCUT2D eigenvalue weighted by molar-refractivity contribution is 7.20. The van der Waals surface area contributed by atoms with Gasteiger partial charge in [0, 0.05) is 24.5 Å². The predicted molar refractivity (Wildman–Crippen MR) is 124 cm³/mol. The molecule has 2 aromatic heterocycles. The number of carbonyl (C=O) groups is 3. The molecule has 0 bridgehead atoms. The molecule has 0 saturated carbocycles. The minimum Gasteiger partial charge on any atom is -0.497 e. The molecule has 1 aliphatic rings. The molecule has 5 rings (SSSR count). The maximum Gasteiger partial charge on any atom is 0.256 e. The summed E-state index contributed by atoms with van der Waals surface area (Å²) >= 11 is 1.43. The van der Waals surface area contributed by atoms with E-state index < -0.39 is 0 Å². The summed E-state index contributed by atoms with van der Waals surface area (Å²) in [7, 11) is 1.61. The van der Waals surface area contributed by atoms with Crippen molar-refractivity contribution in [3.63, 3.8) is 0 Å². The average molecular weight is 462 g/mol. The van der Waals surface area contributed by atoms with Crippen molar-refractivity contribution in [2.45, 2.75) is 19.8 Å². The summed E-state index contributed by atoms with van der Waals surface area (Å²) in [5.41, 5.74) is 2.22. The number of nitrogens with one attached hydrogen (secondary N) is 1. The van der Waals surface area contributed by atoms with Gasteiger partial charge in [-0.1, -0.05) is 17.4 Å².